The first-order chi connectivity index (χ1) is 13.3. The van der Waals surface area contributed by atoms with Gasteiger partial charge in [-0.1, -0.05) is 13.8 Å². The molecule has 1 aliphatic heterocycles. The molecule has 0 bridgehead atoms. The van der Waals surface area contributed by atoms with E-state index in [9.17, 15) is 34.4 Å². The van der Waals surface area contributed by atoms with Gasteiger partial charge in [0.15, 0.2) is 12.1 Å². The van der Waals surface area contributed by atoms with Gasteiger partial charge in [0.2, 0.25) is 0 Å². The Labute approximate surface area is 167 Å². The van der Waals surface area contributed by atoms with E-state index in [2.05, 4.69) is 4.98 Å². The topological polar surface area (TPSA) is 171 Å². The molecular weight excluding hydrogens is 407 g/mol. The van der Waals surface area contributed by atoms with Crippen molar-refractivity contribution in [3.05, 3.63) is 32.6 Å². The van der Waals surface area contributed by atoms with Gasteiger partial charge in [-0.25, -0.2) is 4.79 Å². The Morgan fingerprint density at radius 2 is 1.97 bits per heavy atom. The van der Waals surface area contributed by atoms with Crippen LogP contribution in [0.1, 0.15) is 51.8 Å². The minimum Gasteiger partial charge on any atom is -0.388 e. The van der Waals surface area contributed by atoms with E-state index in [0.29, 0.717) is 0 Å². The number of H-pyrrole nitrogens is 1. The van der Waals surface area contributed by atoms with E-state index in [-0.39, 0.29) is 24.8 Å². The number of aromatic nitrogens is 2. The van der Waals surface area contributed by atoms with Gasteiger partial charge in [-0.05, 0) is 26.7 Å². The molecule has 1 saturated heterocycles. The Bertz CT molecular complexity index is 884. The molecule has 29 heavy (non-hydrogen) atoms. The molecule has 5 N–H and O–H groups in total. The summed E-state index contributed by atoms with van der Waals surface area (Å²) < 4.78 is 24.3. The first-order valence-electron chi connectivity index (χ1n) is 9.40. The number of aliphatic hydroxyl groups excluding tert-OH is 3. The summed E-state index contributed by atoms with van der Waals surface area (Å²) in [6, 6.07) is 0. The van der Waals surface area contributed by atoms with Gasteiger partial charge in [0, 0.05) is 18.2 Å². The van der Waals surface area contributed by atoms with Crippen LogP contribution in [0.3, 0.4) is 0 Å². The second kappa shape index (κ2) is 8.81. The van der Waals surface area contributed by atoms with Gasteiger partial charge >= 0.3 is 13.3 Å². The van der Waals surface area contributed by atoms with Crippen LogP contribution in [0, 0.1) is 6.92 Å². The fourth-order valence-corrected chi connectivity index (χ4v) is 4.60. The first kappa shape index (κ1) is 23.9. The molecule has 1 aromatic heterocycles. The van der Waals surface area contributed by atoms with Crippen LogP contribution in [-0.4, -0.2) is 59.5 Å². The lowest BCUT2D eigenvalue weighted by Crippen LogP contribution is -2.39. The van der Waals surface area contributed by atoms with Crippen molar-refractivity contribution in [2.24, 2.45) is 0 Å². The smallest absolute Gasteiger partial charge is 0.356 e. The Morgan fingerprint density at radius 1 is 1.34 bits per heavy atom. The molecule has 0 amide bonds. The monoisotopic (exact) mass is 436 g/mol. The summed E-state index contributed by atoms with van der Waals surface area (Å²) in [6.07, 6.45) is -3.78. The number of aromatic amines is 1. The molecule has 1 aliphatic rings. The lowest BCUT2D eigenvalue weighted by molar-refractivity contribution is -0.0695. The summed E-state index contributed by atoms with van der Waals surface area (Å²) >= 11 is 0. The van der Waals surface area contributed by atoms with Gasteiger partial charge in [-0.15, -0.1) is 0 Å². The molecule has 7 atom stereocenters. The van der Waals surface area contributed by atoms with Gasteiger partial charge < -0.3 is 29.5 Å². The van der Waals surface area contributed by atoms with E-state index in [0.717, 1.165) is 4.57 Å². The molecule has 11 nitrogen and oxygen atoms in total. The minimum absolute atomic E-state index is 0.0192. The summed E-state index contributed by atoms with van der Waals surface area (Å²) in [4.78, 5) is 35.8. The normalized spacial score (nSPS) is 29.9. The highest BCUT2D eigenvalue weighted by Crippen LogP contribution is 2.53. The van der Waals surface area contributed by atoms with Crippen molar-refractivity contribution >= 4 is 7.60 Å². The maximum absolute atomic E-state index is 12.3. The predicted molar refractivity (Wildman–Crippen MR) is 103 cm³/mol. The van der Waals surface area contributed by atoms with E-state index in [1.165, 1.54) is 27.0 Å². The molecule has 0 aliphatic carbocycles. The zero-order valence-electron chi connectivity index (χ0n) is 16.8. The average Bonchev–Trinajstić information content (AvgIpc) is 2.91. The van der Waals surface area contributed by atoms with Gasteiger partial charge in [-0.2, -0.15) is 0 Å². The second-order valence-corrected chi connectivity index (χ2v) is 9.48. The van der Waals surface area contributed by atoms with Crippen molar-refractivity contribution < 1.29 is 34.0 Å². The second-order valence-electron chi connectivity index (χ2n) is 7.58. The molecule has 1 aromatic rings. The number of ether oxygens (including phenoxy) is 1. The predicted octanol–water partition coefficient (Wildman–Crippen LogP) is -0.0466. The van der Waals surface area contributed by atoms with Gasteiger partial charge in [0.25, 0.3) is 5.56 Å². The average molecular weight is 436 g/mol. The van der Waals surface area contributed by atoms with Crippen LogP contribution in [-0.2, 0) is 13.8 Å². The largest absolute Gasteiger partial charge is 0.388 e. The van der Waals surface area contributed by atoms with Crippen LogP contribution in [0.15, 0.2) is 15.8 Å². The lowest BCUT2D eigenvalue weighted by atomic mass is 9.93. The summed E-state index contributed by atoms with van der Waals surface area (Å²) in [5.41, 5.74) is -2.42. The maximum Gasteiger partial charge on any atom is 0.356 e. The van der Waals surface area contributed by atoms with E-state index >= 15 is 0 Å². The van der Waals surface area contributed by atoms with Crippen LogP contribution in [0.4, 0.5) is 0 Å². The van der Waals surface area contributed by atoms with Crippen LogP contribution in [0.25, 0.3) is 0 Å². The van der Waals surface area contributed by atoms with Crippen molar-refractivity contribution in [2.75, 3.05) is 0 Å². The number of rotatable bonds is 8. The fraction of sp³-hybridized carbons (Fsp3) is 0.765. The first-order valence-corrected chi connectivity index (χ1v) is 11.0. The number of aryl methyl sites for hydroxylation is 1. The molecule has 2 heterocycles. The zero-order chi connectivity index (χ0) is 22.1. The maximum atomic E-state index is 12.3. The molecule has 0 aromatic carbocycles. The van der Waals surface area contributed by atoms with Crippen LogP contribution in [0.5, 0.6) is 0 Å². The van der Waals surface area contributed by atoms with Crippen molar-refractivity contribution in [1.82, 2.24) is 9.55 Å². The van der Waals surface area contributed by atoms with Crippen LogP contribution < -0.4 is 11.2 Å². The van der Waals surface area contributed by atoms with E-state index < -0.39 is 54.8 Å². The Morgan fingerprint density at radius 3 is 2.52 bits per heavy atom. The standard InChI is InChI=1S/C17H29N2O9P/c1-5-11(20)29(25,26)28-17(4,6-2)7-10-12(21)13(22)15(27-10)19-8-9(3)14(23)18-16(19)24/h8,10-13,15,20-22H,5-7H2,1-4H3,(H,25,26)(H,18,23,24)/t10-,11?,12-,13-,15-,17-/m1/s1. The summed E-state index contributed by atoms with van der Waals surface area (Å²) in [5, 5.41) is 30.5. The quantitative estimate of drug-likeness (QED) is 0.350. The molecule has 166 valence electrons. The van der Waals surface area contributed by atoms with Gasteiger partial charge in [0.05, 0.1) is 11.7 Å². The van der Waals surface area contributed by atoms with Gasteiger partial charge in [0.1, 0.15) is 12.2 Å². The van der Waals surface area contributed by atoms with Crippen LogP contribution >= 0.6 is 7.60 Å². The van der Waals surface area contributed by atoms with Crippen molar-refractivity contribution in [3.8, 4) is 0 Å². The summed E-state index contributed by atoms with van der Waals surface area (Å²) in [5.74, 6) is -1.55. The number of nitrogens with zero attached hydrogens (tertiary/aromatic N) is 1. The number of hydrogen-bond donors (Lipinski definition) is 5. The molecule has 2 unspecified atom stereocenters. The molecule has 0 radical (unpaired) electrons. The number of nitrogens with one attached hydrogen (secondary N) is 1. The molecular formula is C17H29N2O9P. The lowest BCUT2D eigenvalue weighted by Gasteiger charge is -2.34. The third-order valence-corrected chi connectivity index (χ3v) is 7.05. The molecule has 2 rings (SSSR count). The van der Waals surface area contributed by atoms with Crippen molar-refractivity contribution in [3.63, 3.8) is 0 Å². The fourth-order valence-electron chi connectivity index (χ4n) is 3.18. The minimum atomic E-state index is -4.35. The number of hydrogen-bond acceptors (Lipinski definition) is 8. The highest BCUT2D eigenvalue weighted by atomic mass is 31.2. The third kappa shape index (κ3) is 5.05. The van der Waals surface area contributed by atoms with E-state index in [1.54, 1.807) is 6.92 Å². The third-order valence-electron chi connectivity index (χ3n) is 5.23. The van der Waals surface area contributed by atoms with Crippen molar-refractivity contribution in [2.45, 2.75) is 82.9 Å². The molecule has 0 spiro atoms. The Hall–Kier alpha value is -1.33. The Kier molecular flexibility index (Phi) is 7.27. The summed E-state index contributed by atoms with van der Waals surface area (Å²) in [6.45, 7) is 6.24. The molecule has 1 fully saturated rings. The highest BCUT2D eigenvalue weighted by molar-refractivity contribution is 7.53. The molecule has 12 heteroatoms. The highest BCUT2D eigenvalue weighted by Gasteiger charge is 2.48. The van der Waals surface area contributed by atoms with E-state index in [1.807, 2.05) is 0 Å². The molecule has 0 saturated carbocycles. The van der Waals surface area contributed by atoms with Crippen molar-refractivity contribution in [1.29, 1.82) is 0 Å². The van der Waals surface area contributed by atoms with E-state index in [4.69, 9.17) is 9.26 Å². The number of aliphatic hydroxyl groups is 3. The summed E-state index contributed by atoms with van der Waals surface area (Å²) in [7, 11) is -4.35. The SMILES string of the molecule is CCC(O)P(=O)(O)O[C@](C)(CC)C[C@H]1O[C@@H](n2cc(C)c(=O)[nH]c2=O)[C@H](O)[C@@H]1O. The van der Waals surface area contributed by atoms with Crippen LogP contribution in [0.2, 0.25) is 0 Å². The Balaban J connectivity index is 2.25. The van der Waals surface area contributed by atoms with Gasteiger partial charge in [-0.3, -0.25) is 18.9 Å². The zero-order valence-corrected chi connectivity index (χ0v) is 17.7.